The zero-order valence-corrected chi connectivity index (χ0v) is 23.3. The average Bonchev–Trinajstić information content (AvgIpc) is 2.54. The van der Waals surface area contributed by atoms with Crippen molar-refractivity contribution in [2.24, 2.45) is 5.11 Å². The van der Waals surface area contributed by atoms with Crippen LogP contribution in [0.5, 0.6) is 0 Å². The van der Waals surface area contributed by atoms with Crippen LogP contribution in [0, 0.1) is 19.8 Å². The smallest absolute Gasteiger partial charge is 0.183 e. The molecular formula is C16H11I5N2O2. The van der Waals surface area contributed by atoms with E-state index < -0.39 is 0 Å². The second kappa shape index (κ2) is 9.41. The van der Waals surface area contributed by atoms with E-state index in [4.69, 9.17) is 15.0 Å². The van der Waals surface area contributed by atoms with E-state index in [1.54, 1.807) is 0 Å². The molecule has 2 aromatic rings. The lowest BCUT2D eigenvalue weighted by molar-refractivity contribution is -0.177. The number of benzene rings is 2. The summed E-state index contributed by atoms with van der Waals surface area (Å²) < 4.78 is 16.4. The first-order valence-corrected chi connectivity index (χ1v) is 12.7. The number of nitrogens with zero attached hydrogens (tertiary/aromatic N) is 1. The summed E-state index contributed by atoms with van der Waals surface area (Å²) in [5.74, 6) is 0. The molecule has 0 amide bonds. The van der Waals surface area contributed by atoms with Crippen molar-refractivity contribution >= 4 is 119 Å². The fourth-order valence-electron chi connectivity index (χ4n) is 2.49. The van der Waals surface area contributed by atoms with Gasteiger partial charge < -0.3 is 9.47 Å². The van der Waals surface area contributed by atoms with E-state index in [-0.39, 0.29) is 6.29 Å². The molecule has 132 valence electrons. The molecule has 1 aliphatic rings. The van der Waals surface area contributed by atoms with Crippen LogP contribution in [0.3, 0.4) is 0 Å². The summed E-state index contributed by atoms with van der Waals surface area (Å²) in [6, 6.07) is 8.45. The lowest BCUT2D eigenvalue weighted by Gasteiger charge is -2.27. The van der Waals surface area contributed by atoms with Gasteiger partial charge in [-0.05, 0) is 120 Å². The molecule has 9 heteroatoms. The number of rotatable bonds is 3. The fourth-order valence-corrected chi connectivity index (χ4v) is 7.36. The van der Waals surface area contributed by atoms with E-state index in [9.17, 15) is 0 Å². The highest BCUT2D eigenvalue weighted by atomic mass is 127. The molecule has 0 saturated carbocycles. The van der Waals surface area contributed by atoms with Gasteiger partial charge in [0.2, 0.25) is 0 Å². The van der Waals surface area contributed by atoms with Crippen LogP contribution < -0.4 is 0 Å². The SMILES string of the molecule is N=Nc1c(I)cc(-c2c(I)cc(C3OCC(I)CO3)cc2I)cc1I. The number of hydrogen-bond acceptors (Lipinski definition) is 4. The maximum Gasteiger partial charge on any atom is 0.183 e. The van der Waals surface area contributed by atoms with Gasteiger partial charge in [0.1, 0.15) is 5.69 Å². The summed E-state index contributed by atoms with van der Waals surface area (Å²) in [4.78, 5) is 0. The Morgan fingerprint density at radius 2 is 1.40 bits per heavy atom. The number of halogens is 5. The highest BCUT2D eigenvalue weighted by Crippen LogP contribution is 2.38. The Balaban J connectivity index is 2.00. The highest BCUT2D eigenvalue weighted by molar-refractivity contribution is 14.1. The van der Waals surface area contributed by atoms with Crippen molar-refractivity contribution in [3.8, 4) is 11.1 Å². The standard InChI is InChI=1S/C16H11I5N2O2/c17-9-5-24-16(25-6-9)8-3-10(18)14(11(19)4-8)7-1-12(20)15(23-22)13(21)2-7/h1-4,9,16,22H,5-6H2. The fraction of sp³-hybridized carbons (Fsp3) is 0.250. The molecule has 1 saturated heterocycles. The number of alkyl halides is 1. The van der Waals surface area contributed by atoms with Gasteiger partial charge in [-0.3, -0.25) is 0 Å². The van der Waals surface area contributed by atoms with Crippen molar-refractivity contribution in [1.82, 2.24) is 0 Å². The third kappa shape index (κ3) is 4.97. The highest BCUT2D eigenvalue weighted by Gasteiger charge is 2.23. The van der Waals surface area contributed by atoms with E-state index in [1.807, 2.05) is 0 Å². The second-order valence-corrected chi connectivity index (χ2v) is 11.8. The Kier molecular flexibility index (Phi) is 8.02. The van der Waals surface area contributed by atoms with E-state index in [0.717, 1.165) is 31.1 Å². The molecule has 1 heterocycles. The van der Waals surface area contributed by atoms with Crippen molar-refractivity contribution < 1.29 is 9.47 Å². The predicted octanol–water partition coefficient (Wildman–Crippen LogP) is 7.28. The van der Waals surface area contributed by atoms with E-state index in [1.165, 1.54) is 5.56 Å². The van der Waals surface area contributed by atoms with Crippen LogP contribution in [0.15, 0.2) is 29.4 Å². The minimum atomic E-state index is -0.285. The van der Waals surface area contributed by atoms with E-state index >= 15 is 0 Å². The Bertz CT molecular complexity index is 776. The van der Waals surface area contributed by atoms with Crippen molar-refractivity contribution in [3.63, 3.8) is 0 Å². The molecule has 0 unspecified atom stereocenters. The van der Waals surface area contributed by atoms with E-state index in [2.05, 4.69) is 142 Å². The van der Waals surface area contributed by atoms with Crippen LogP contribution in [-0.4, -0.2) is 17.1 Å². The predicted molar refractivity (Wildman–Crippen MR) is 140 cm³/mol. The van der Waals surface area contributed by atoms with Gasteiger partial charge in [-0.2, -0.15) is 5.11 Å². The molecule has 0 bridgehead atoms. The zero-order valence-electron chi connectivity index (χ0n) is 12.5. The van der Waals surface area contributed by atoms with Gasteiger partial charge in [0.15, 0.2) is 6.29 Å². The molecule has 0 atom stereocenters. The molecule has 1 aliphatic heterocycles. The minimum Gasteiger partial charge on any atom is -0.347 e. The first kappa shape index (κ1) is 21.3. The molecule has 2 aromatic carbocycles. The summed E-state index contributed by atoms with van der Waals surface area (Å²) in [5.41, 5.74) is 11.4. The summed E-state index contributed by atoms with van der Waals surface area (Å²) >= 11 is 11.6. The van der Waals surface area contributed by atoms with Crippen LogP contribution in [0.2, 0.25) is 0 Å². The van der Waals surface area contributed by atoms with Gasteiger partial charge in [0.05, 0.1) is 17.1 Å². The molecule has 0 radical (unpaired) electrons. The largest absolute Gasteiger partial charge is 0.347 e. The maximum absolute atomic E-state index is 7.32. The lowest BCUT2D eigenvalue weighted by Crippen LogP contribution is -2.27. The van der Waals surface area contributed by atoms with Gasteiger partial charge >= 0.3 is 0 Å². The van der Waals surface area contributed by atoms with Crippen molar-refractivity contribution in [3.05, 3.63) is 44.1 Å². The van der Waals surface area contributed by atoms with Crippen molar-refractivity contribution in [2.75, 3.05) is 13.2 Å². The third-order valence-corrected chi connectivity index (χ3v) is 7.68. The number of hydrogen-bond donors (Lipinski definition) is 1. The lowest BCUT2D eigenvalue weighted by atomic mass is 10.0. The number of nitrogens with one attached hydrogen (secondary N) is 1. The van der Waals surface area contributed by atoms with Crippen LogP contribution in [0.1, 0.15) is 11.9 Å². The summed E-state index contributed by atoms with van der Waals surface area (Å²) in [5, 5.41) is 3.63. The van der Waals surface area contributed by atoms with Gasteiger partial charge in [-0.15, -0.1) is 0 Å². The second-order valence-electron chi connectivity index (χ2n) is 5.36. The van der Waals surface area contributed by atoms with Crippen LogP contribution in [0.25, 0.3) is 11.1 Å². The molecule has 25 heavy (non-hydrogen) atoms. The Labute approximate surface area is 214 Å². The van der Waals surface area contributed by atoms with Crippen molar-refractivity contribution in [2.45, 2.75) is 10.2 Å². The molecule has 4 nitrogen and oxygen atoms in total. The topological polar surface area (TPSA) is 54.7 Å². The molecular weight excluding hydrogens is 887 g/mol. The Morgan fingerprint density at radius 3 is 1.88 bits per heavy atom. The summed E-state index contributed by atoms with van der Waals surface area (Å²) in [7, 11) is 0. The average molecular weight is 898 g/mol. The molecule has 1 fully saturated rings. The van der Waals surface area contributed by atoms with Crippen molar-refractivity contribution in [1.29, 1.82) is 5.53 Å². The molecule has 0 aliphatic carbocycles. The molecule has 0 spiro atoms. The first-order valence-electron chi connectivity index (χ1n) is 7.13. The number of ether oxygens (including phenoxy) is 2. The summed E-state index contributed by atoms with van der Waals surface area (Å²) in [6.07, 6.45) is -0.285. The molecule has 3 rings (SSSR count). The van der Waals surface area contributed by atoms with Crippen LogP contribution >= 0.6 is 113 Å². The Morgan fingerprint density at radius 1 is 0.880 bits per heavy atom. The van der Waals surface area contributed by atoms with Gasteiger partial charge in [0.25, 0.3) is 0 Å². The van der Waals surface area contributed by atoms with Crippen LogP contribution in [0.4, 0.5) is 5.69 Å². The van der Waals surface area contributed by atoms with Gasteiger partial charge in [0, 0.05) is 25.4 Å². The zero-order chi connectivity index (χ0) is 18.1. The normalized spacial score (nSPS) is 20.5. The first-order chi connectivity index (χ1) is 11.9. The van der Waals surface area contributed by atoms with Gasteiger partial charge in [-0.1, -0.05) is 22.6 Å². The minimum absolute atomic E-state index is 0.285. The van der Waals surface area contributed by atoms with Gasteiger partial charge in [-0.25, -0.2) is 5.53 Å². The van der Waals surface area contributed by atoms with Crippen LogP contribution in [-0.2, 0) is 9.47 Å². The quantitative estimate of drug-likeness (QED) is 0.200. The summed E-state index contributed by atoms with van der Waals surface area (Å²) in [6.45, 7) is 1.43. The maximum atomic E-state index is 7.32. The molecule has 0 aromatic heterocycles. The van der Waals surface area contributed by atoms with E-state index in [0.29, 0.717) is 17.1 Å². The molecule has 1 N–H and O–H groups in total. The third-order valence-electron chi connectivity index (χ3n) is 3.61. The Hall–Kier alpha value is 1.61. The monoisotopic (exact) mass is 898 g/mol.